The van der Waals surface area contributed by atoms with Crippen LogP contribution in [0.25, 0.3) is 26.9 Å². The molecule has 0 unspecified atom stereocenters. The minimum atomic E-state index is -0.833. The van der Waals surface area contributed by atoms with Crippen molar-refractivity contribution in [2.24, 2.45) is 5.41 Å². The van der Waals surface area contributed by atoms with Crippen molar-refractivity contribution >= 4 is 50.4 Å². The first-order valence-corrected chi connectivity index (χ1v) is 16.2. The Labute approximate surface area is 283 Å². The van der Waals surface area contributed by atoms with Crippen LogP contribution in [0.4, 0.5) is 5.69 Å². The quantitative estimate of drug-likeness (QED) is 0.244. The lowest BCUT2D eigenvalue weighted by molar-refractivity contribution is -0.659. The first-order chi connectivity index (χ1) is 21.2. The lowest BCUT2D eigenvalue weighted by Gasteiger charge is -2.30. The van der Waals surface area contributed by atoms with Crippen LogP contribution >= 0.6 is 22.9 Å². The van der Waals surface area contributed by atoms with Gasteiger partial charge in [0.15, 0.2) is 12.3 Å². The van der Waals surface area contributed by atoms with E-state index in [9.17, 15) is 9.90 Å². The first-order valence-electron chi connectivity index (χ1n) is 15.0. The molecule has 0 saturated carbocycles. The van der Waals surface area contributed by atoms with Gasteiger partial charge in [-0.3, -0.25) is 4.79 Å². The summed E-state index contributed by atoms with van der Waals surface area (Å²) in [6, 6.07) is 22.5. The summed E-state index contributed by atoms with van der Waals surface area (Å²) in [5.74, 6) is 0.556. The summed E-state index contributed by atoms with van der Waals surface area (Å²) >= 11 is 8.15. The van der Waals surface area contributed by atoms with Gasteiger partial charge in [0.2, 0.25) is 11.4 Å². The minimum absolute atomic E-state index is 0. The lowest BCUT2D eigenvalue weighted by Crippen LogP contribution is -3.00. The van der Waals surface area contributed by atoms with Crippen LogP contribution in [0.3, 0.4) is 0 Å². The molecule has 0 bridgehead atoms. The molecule has 3 heterocycles. The standard InChI is InChI=1S/C37H33ClN2O3S.BrH/c1-37(2)22-24(18-25(23-37)19-28-14-16-40-31-21-29(38)10-12-33(31)44-36(28)40)8-13-34-39(17-15-35(41)42)30-20-27(9-11-32(30)43-34)26-6-4-3-5-7-26;/h3-13,18-21H,14-17,22-23H2,1-2H3;1H. The van der Waals surface area contributed by atoms with E-state index in [0.29, 0.717) is 12.4 Å². The molecule has 5 nitrogen and oxygen atoms in total. The number of carboxylic acid groups (broad SMARTS) is 1. The maximum Gasteiger partial charge on any atom is 0.305 e. The number of benzene rings is 3. The third-order valence-electron chi connectivity index (χ3n) is 8.47. The fraction of sp³-hybridized carbons (Fsp3) is 0.243. The molecule has 1 aliphatic carbocycles. The van der Waals surface area contributed by atoms with Crippen molar-refractivity contribution in [3.8, 4) is 16.9 Å². The molecule has 0 spiro atoms. The highest BCUT2D eigenvalue weighted by molar-refractivity contribution is 7.19. The van der Waals surface area contributed by atoms with Crippen LogP contribution in [0.15, 0.2) is 108 Å². The number of carboxylic acids is 1. The Morgan fingerprint density at radius 2 is 1.89 bits per heavy atom. The Morgan fingerprint density at radius 3 is 2.69 bits per heavy atom. The highest BCUT2D eigenvalue weighted by Gasteiger charge is 2.32. The second-order valence-corrected chi connectivity index (χ2v) is 14.0. The van der Waals surface area contributed by atoms with Crippen LogP contribution in [0.1, 0.15) is 44.5 Å². The van der Waals surface area contributed by atoms with E-state index in [1.807, 2.05) is 52.6 Å². The highest BCUT2D eigenvalue weighted by Crippen LogP contribution is 2.43. The van der Waals surface area contributed by atoms with E-state index in [-0.39, 0.29) is 28.8 Å². The van der Waals surface area contributed by atoms with Gasteiger partial charge < -0.3 is 31.7 Å². The fourth-order valence-electron chi connectivity index (χ4n) is 6.57. The monoisotopic (exact) mass is 700 g/mol. The normalized spacial score (nSPS) is 19.4. The summed E-state index contributed by atoms with van der Waals surface area (Å²) < 4.78 is 9.97. The molecule has 0 radical (unpaired) electrons. The van der Waals surface area contributed by atoms with Gasteiger partial charge in [-0.1, -0.05) is 85.3 Å². The predicted molar refractivity (Wildman–Crippen MR) is 179 cm³/mol. The third kappa shape index (κ3) is 6.53. The summed E-state index contributed by atoms with van der Waals surface area (Å²) in [7, 11) is 0. The van der Waals surface area contributed by atoms with Gasteiger partial charge >= 0.3 is 5.97 Å². The van der Waals surface area contributed by atoms with Crippen LogP contribution in [-0.2, 0) is 11.3 Å². The van der Waals surface area contributed by atoms with E-state index >= 15 is 0 Å². The predicted octanol–water partition coefficient (Wildman–Crippen LogP) is 6.19. The van der Waals surface area contributed by atoms with Crippen LogP contribution in [0.2, 0.25) is 5.02 Å². The zero-order valence-electron chi connectivity index (χ0n) is 25.2. The molecule has 2 aliphatic heterocycles. The van der Waals surface area contributed by atoms with Crippen LogP contribution in [0, 0.1) is 5.41 Å². The number of thiazole rings is 1. The fourth-order valence-corrected chi connectivity index (χ4v) is 7.95. The molecule has 8 heteroatoms. The van der Waals surface area contributed by atoms with Gasteiger partial charge in [-0.2, -0.15) is 4.57 Å². The number of aliphatic carboxylic acids is 1. The topological polar surface area (TPSA) is 53.6 Å². The second kappa shape index (κ2) is 12.6. The van der Waals surface area contributed by atoms with Gasteiger partial charge in [0, 0.05) is 29.6 Å². The van der Waals surface area contributed by atoms with Crippen molar-refractivity contribution in [3.63, 3.8) is 0 Å². The Bertz CT molecular complexity index is 1920. The first kappa shape index (κ1) is 31.3. The molecule has 45 heavy (non-hydrogen) atoms. The molecule has 1 aromatic heterocycles. The average Bonchev–Trinajstić information content (AvgIpc) is 3.66. The molecular formula is C37H34BrClN2O3S. The largest absolute Gasteiger partial charge is 1.00 e. The Kier molecular flexibility index (Phi) is 8.79. The molecule has 0 atom stereocenters. The number of carbonyl (C=O) groups is 1. The summed E-state index contributed by atoms with van der Waals surface area (Å²) in [5, 5.41) is 11.6. The summed E-state index contributed by atoms with van der Waals surface area (Å²) in [5.41, 5.74) is 8.34. The smallest absolute Gasteiger partial charge is 0.305 e. The van der Waals surface area contributed by atoms with Crippen molar-refractivity contribution < 1.29 is 36.2 Å². The second-order valence-electron chi connectivity index (χ2n) is 12.5. The van der Waals surface area contributed by atoms with E-state index in [2.05, 4.69) is 73.0 Å². The van der Waals surface area contributed by atoms with Crippen molar-refractivity contribution in [2.45, 2.75) is 46.1 Å². The molecule has 3 aromatic carbocycles. The number of nitrogens with zero attached hydrogens (tertiary/aromatic N) is 2. The van der Waals surface area contributed by atoms with E-state index in [0.717, 1.165) is 53.4 Å². The third-order valence-corrected chi connectivity index (χ3v) is 9.94. The van der Waals surface area contributed by atoms with Crippen LogP contribution in [0.5, 0.6) is 5.75 Å². The summed E-state index contributed by atoms with van der Waals surface area (Å²) in [6.45, 7) is 5.95. The van der Waals surface area contributed by atoms with Crippen molar-refractivity contribution in [1.29, 1.82) is 0 Å². The van der Waals surface area contributed by atoms with Gasteiger partial charge in [0.05, 0.1) is 12.1 Å². The summed E-state index contributed by atoms with van der Waals surface area (Å²) in [4.78, 5) is 13.5. The SMILES string of the molecule is CC1(C)CC(=CC=C2Oc3ccc(-c4ccccc4)cc3N2CCC(=O)O)C=C(C=C2CC[n+]3c2sc2ccc(Cl)cc23)C1.[Br-]. The highest BCUT2D eigenvalue weighted by atomic mass is 79.9. The molecule has 7 rings (SSSR count). The van der Waals surface area contributed by atoms with Crippen molar-refractivity contribution in [3.05, 3.63) is 118 Å². The Balaban J connectivity index is 0.00000357. The number of ether oxygens (including phenoxy) is 1. The van der Waals surface area contributed by atoms with Gasteiger partial charge in [-0.05, 0) is 76.9 Å². The zero-order chi connectivity index (χ0) is 30.4. The maximum absolute atomic E-state index is 11.5. The number of allylic oxidation sites excluding steroid dienone is 7. The number of rotatable bonds is 6. The zero-order valence-corrected chi connectivity index (χ0v) is 28.4. The number of fused-ring (bicyclic) bond motifs is 4. The lowest BCUT2D eigenvalue weighted by atomic mass is 9.75. The van der Waals surface area contributed by atoms with E-state index in [1.165, 1.54) is 31.9 Å². The molecule has 0 amide bonds. The van der Waals surface area contributed by atoms with Crippen LogP contribution in [-0.4, -0.2) is 17.6 Å². The van der Waals surface area contributed by atoms with Crippen molar-refractivity contribution in [2.75, 3.05) is 11.4 Å². The number of aromatic nitrogens is 1. The van der Waals surface area contributed by atoms with Crippen LogP contribution < -0.4 is 31.2 Å². The average molecular weight is 702 g/mol. The molecule has 3 aliphatic rings. The minimum Gasteiger partial charge on any atom is -1.00 e. The number of hydrogen-bond donors (Lipinski definition) is 1. The van der Waals surface area contributed by atoms with Gasteiger partial charge in [-0.25, -0.2) is 0 Å². The van der Waals surface area contributed by atoms with Crippen molar-refractivity contribution in [1.82, 2.24) is 0 Å². The Hall–Kier alpha value is -3.65. The van der Waals surface area contributed by atoms with E-state index < -0.39 is 5.97 Å². The van der Waals surface area contributed by atoms with Gasteiger partial charge in [-0.15, -0.1) is 0 Å². The van der Waals surface area contributed by atoms with E-state index in [4.69, 9.17) is 16.3 Å². The Morgan fingerprint density at radius 1 is 1.07 bits per heavy atom. The number of anilines is 1. The molecule has 1 N–H and O–H groups in total. The van der Waals surface area contributed by atoms with E-state index in [1.54, 1.807) is 0 Å². The molecule has 4 aromatic rings. The molecular weight excluding hydrogens is 668 g/mol. The molecule has 0 fully saturated rings. The molecule has 0 saturated heterocycles. The number of halogens is 2. The van der Waals surface area contributed by atoms with Gasteiger partial charge in [0.25, 0.3) is 5.01 Å². The summed E-state index contributed by atoms with van der Waals surface area (Å²) in [6.07, 6.45) is 11.8. The molecule has 230 valence electrons. The maximum atomic E-state index is 11.5. The van der Waals surface area contributed by atoms with Gasteiger partial charge in [0.1, 0.15) is 4.70 Å². The number of aryl methyl sites for hydroxylation is 1. The number of hydrogen-bond acceptors (Lipinski definition) is 4.